The molecule has 14 atom stereocenters. The zero-order valence-electron chi connectivity index (χ0n) is 38.8. The summed E-state index contributed by atoms with van der Waals surface area (Å²) < 4.78 is 38.4. The second kappa shape index (κ2) is 21.0. The average Bonchev–Trinajstić information content (AvgIpc) is 3.51. The number of aliphatic hydroxyl groups is 1. The van der Waals surface area contributed by atoms with Gasteiger partial charge in [-0.05, 0) is 85.3 Å². The molecule has 0 radical (unpaired) electrons. The number of hydrogen-bond acceptors (Lipinski definition) is 16. The molecule has 63 heavy (non-hydrogen) atoms. The molecule has 3 fully saturated rings. The van der Waals surface area contributed by atoms with Gasteiger partial charge in [0.2, 0.25) is 0 Å². The van der Waals surface area contributed by atoms with E-state index < -0.39 is 89.7 Å². The number of likely N-dealkylation sites (N-methyl/N-ethyl adjacent to an activating group) is 1. The monoisotopic (exact) mass is 883 g/mol. The Morgan fingerprint density at radius 2 is 1.79 bits per heavy atom. The van der Waals surface area contributed by atoms with Crippen LogP contribution in [0.15, 0.2) is 42.7 Å². The van der Waals surface area contributed by atoms with E-state index in [9.17, 15) is 24.3 Å². The molecule has 0 bridgehead atoms. The number of aliphatic hydroxyl groups excluding tert-OH is 1. The van der Waals surface area contributed by atoms with Crippen LogP contribution >= 0.6 is 0 Å². The number of esters is 2. The largest absolute Gasteiger partial charge is 0.461 e. The van der Waals surface area contributed by atoms with E-state index in [1.807, 2.05) is 58.8 Å². The summed E-state index contributed by atoms with van der Waals surface area (Å²) in [6.07, 6.45) is -2.06. The Morgan fingerprint density at radius 3 is 2.41 bits per heavy atom. The smallest absolute Gasteiger partial charge is 0.410 e. The molecule has 17 heteroatoms. The predicted molar refractivity (Wildman–Crippen MR) is 234 cm³/mol. The first kappa shape index (κ1) is 49.6. The van der Waals surface area contributed by atoms with Crippen molar-refractivity contribution in [3.8, 4) is 0 Å². The molecule has 0 aliphatic carbocycles. The molecule has 3 aliphatic heterocycles. The minimum absolute atomic E-state index is 0.0304. The zero-order chi connectivity index (χ0) is 46.4. The number of nitrogens with two attached hydrogens (primary N) is 1. The fraction of sp³-hybridized carbons (Fsp3) is 0.696. The lowest BCUT2D eigenvalue weighted by molar-refractivity contribution is -0.301. The number of aryl methyl sites for hydroxylation is 1. The summed E-state index contributed by atoms with van der Waals surface area (Å²) in [7, 11) is 5.26. The molecule has 1 unspecified atom stereocenters. The van der Waals surface area contributed by atoms with Crippen molar-refractivity contribution in [3.63, 3.8) is 0 Å². The Hall–Kier alpha value is -4.42. The third-order valence-electron chi connectivity index (χ3n) is 13.4. The number of ketones is 1. The van der Waals surface area contributed by atoms with E-state index in [1.54, 1.807) is 52.1 Å². The summed E-state index contributed by atoms with van der Waals surface area (Å²) >= 11 is 0. The maximum atomic E-state index is 14.9. The van der Waals surface area contributed by atoms with Crippen LogP contribution in [-0.4, -0.2) is 143 Å². The number of anilines is 2. The van der Waals surface area contributed by atoms with Crippen molar-refractivity contribution < 1.29 is 52.7 Å². The van der Waals surface area contributed by atoms with Crippen LogP contribution in [0.5, 0.6) is 0 Å². The van der Waals surface area contributed by atoms with Crippen LogP contribution in [0, 0.1) is 23.7 Å². The van der Waals surface area contributed by atoms with Crippen molar-refractivity contribution in [2.75, 3.05) is 45.3 Å². The maximum absolute atomic E-state index is 14.9. The molecular formula is C46H70N6O11. The molecule has 5 heterocycles. The second-order valence-electron chi connectivity index (χ2n) is 18.3. The van der Waals surface area contributed by atoms with E-state index in [0.29, 0.717) is 30.0 Å². The van der Waals surface area contributed by atoms with Gasteiger partial charge in [-0.2, -0.15) is 0 Å². The van der Waals surface area contributed by atoms with E-state index in [-0.39, 0.29) is 50.3 Å². The van der Waals surface area contributed by atoms with Crippen LogP contribution in [0.3, 0.4) is 0 Å². The quantitative estimate of drug-likeness (QED) is 0.184. The molecule has 1 amide bonds. The first-order chi connectivity index (χ1) is 29.7. The predicted octanol–water partition coefficient (Wildman–Crippen LogP) is 4.65. The van der Waals surface area contributed by atoms with Gasteiger partial charge in [-0.3, -0.25) is 24.3 Å². The fourth-order valence-corrected chi connectivity index (χ4v) is 9.86. The summed E-state index contributed by atoms with van der Waals surface area (Å²) in [4.78, 5) is 69.4. The van der Waals surface area contributed by atoms with Crippen LogP contribution in [-0.2, 0) is 49.2 Å². The SMILES string of the molecule is CC[C@@H]1OC(=O)[C@H](C)[C@H](OC(=O)CCc2ccccn2)[C@@H](C)[C@@H](OC2O[C@H](C)C[C@H](N(C)C)[C@H]2O)[C@](C)(OC)C[C@@H](C)C(=O)[C@@H](C)[C@@H]2N(CCNc3ccc(N)cn3)C(=O)O[C@]12C. The number of Topliss-reactive ketones (excluding diaryl/α,β-unsaturated/α-hetero) is 1. The van der Waals surface area contributed by atoms with Crippen molar-refractivity contribution in [3.05, 3.63) is 48.4 Å². The number of rotatable bonds is 13. The van der Waals surface area contributed by atoms with Gasteiger partial charge < -0.3 is 49.5 Å². The van der Waals surface area contributed by atoms with Crippen LogP contribution in [0.25, 0.3) is 0 Å². The fourth-order valence-electron chi connectivity index (χ4n) is 9.86. The summed E-state index contributed by atoms with van der Waals surface area (Å²) in [6, 6.07) is 7.69. The summed E-state index contributed by atoms with van der Waals surface area (Å²) in [6.45, 7) is 14.6. The summed E-state index contributed by atoms with van der Waals surface area (Å²) in [5.41, 5.74) is 4.25. The third-order valence-corrected chi connectivity index (χ3v) is 13.4. The molecule has 2 aromatic rings. The van der Waals surface area contributed by atoms with Gasteiger partial charge in [0.1, 0.15) is 29.9 Å². The molecule has 0 saturated carbocycles. The van der Waals surface area contributed by atoms with Crippen molar-refractivity contribution in [2.45, 2.75) is 148 Å². The second-order valence-corrected chi connectivity index (χ2v) is 18.3. The maximum Gasteiger partial charge on any atom is 0.410 e. The Labute approximate surface area is 372 Å². The number of fused-ring (bicyclic) bond motifs is 1. The average molecular weight is 883 g/mol. The van der Waals surface area contributed by atoms with Crippen LogP contribution in [0.1, 0.15) is 86.8 Å². The van der Waals surface area contributed by atoms with Gasteiger partial charge in [-0.25, -0.2) is 9.78 Å². The lowest BCUT2D eigenvalue weighted by Gasteiger charge is -2.48. The Morgan fingerprint density at radius 1 is 1.06 bits per heavy atom. The van der Waals surface area contributed by atoms with Gasteiger partial charge in [-0.15, -0.1) is 0 Å². The minimum Gasteiger partial charge on any atom is -0.461 e. The summed E-state index contributed by atoms with van der Waals surface area (Å²) in [5, 5.41) is 14.9. The van der Waals surface area contributed by atoms with Crippen LogP contribution in [0.4, 0.5) is 16.3 Å². The number of aromatic nitrogens is 2. The van der Waals surface area contributed by atoms with Gasteiger partial charge in [-0.1, -0.05) is 33.8 Å². The zero-order valence-corrected chi connectivity index (χ0v) is 38.8. The third kappa shape index (κ3) is 11.3. The Balaban J connectivity index is 1.57. The summed E-state index contributed by atoms with van der Waals surface area (Å²) in [5.74, 6) is -4.31. The first-order valence-electron chi connectivity index (χ1n) is 22.2. The molecule has 4 N–H and O–H groups in total. The van der Waals surface area contributed by atoms with Crippen molar-refractivity contribution in [1.82, 2.24) is 19.8 Å². The number of nitrogen functional groups attached to an aromatic ring is 1. The van der Waals surface area contributed by atoms with E-state index in [2.05, 4.69) is 15.3 Å². The molecule has 2 aromatic heterocycles. The van der Waals surface area contributed by atoms with Crippen molar-refractivity contribution in [1.29, 1.82) is 0 Å². The van der Waals surface area contributed by atoms with E-state index in [0.717, 1.165) is 0 Å². The van der Waals surface area contributed by atoms with Crippen molar-refractivity contribution in [2.24, 2.45) is 23.7 Å². The number of nitrogens with one attached hydrogen (secondary N) is 1. The van der Waals surface area contributed by atoms with Crippen LogP contribution in [0.2, 0.25) is 0 Å². The Bertz CT molecular complexity index is 1860. The highest BCUT2D eigenvalue weighted by Crippen LogP contribution is 2.44. The highest BCUT2D eigenvalue weighted by molar-refractivity contribution is 5.85. The van der Waals surface area contributed by atoms with E-state index in [4.69, 9.17) is 34.2 Å². The Kier molecular flexibility index (Phi) is 16.6. The van der Waals surface area contributed by atoms with Crippen molar-refractivity contribution >= 4 is 35.3 Å². The number of cyclic esters (lactones) is 1. The molecule has 350 valence electrons. The molecule has 3 saturated heterocycles. The minimum atomic E-state index is -1.47. The lowest BCUT2D eigenvalue weighted by Crippen LogP contribution is -2.61. The lowest BCUT2D eigenvalue weighted by atomic mass is 9.73. The standard InChI is InChI=1S/C46H70N6O11/c1-12-34-46(8)40(52(44(57)63-46)22-21-49-35-18-16-31(47)25-50-35)28(4)37(54)26(2)24-45(7,58-11)41(62-43-38(55)33(51(9)10)23-27(3)59-43)29(5)39(30(6)42(56)60-34)61-36(53)19-17-32-15-13-14-20-48-32/h13-16,18,20,25-30,33-34,38-41,43,55H,12,17,19,21-24,47H2,1-11H3,(H,49,50)/t26-,27-,28-,29-,30-,33+,34+,38-,39-,40+,41-,43?,45-,46-/m1/s1. The molecular weight excluding hydrogens is 813 g/mol. The van der Waals surface area contributed by atoms with Crippen LogP contribution < -0.4 is 11.1 Å². The molecule has 17 nitrogen and oxygen atoms in total. The van der Waals surface area contributed by atoms with E-state index in [1.165, 1.54) is 18.2 Å². The number of hydrogen-bond donors (Lipinski definition) is 3. The highest BCUT2D eigenvalue weighted by Gasteiger charge is 2.60. The van der Waals surface area contributed by atoms with Gasteiger partial charge in [0.25, 0.3) is 0 Å². The number of amides is 1. The first-order valence-corrected chi connectivity index (χ1v) is 22.2. The number of carbonyl (C=O) groups excluding carboxylic acids is 4. The van der Waals surface area contributed by atoms with Gasteiger partial charge in [0.15, 0.2) is 11.9 Å². The normalized spacial score (nSPS) is 35.6. The number of carbonyl (C=O) groups is 4. The number of pyridine rings is 2. The van der Waals surface area contributed by atoms with Gasteiger partial charge in [0.05, 0.1) is 48.1 Å². The molecule has 0 spiro atoms. The van der Waals surface area contributed by atoms with Gasteiger partial charge >= 0.3 is 18.0 Å². The number of methoxy groups -OCH3 is 1. The molecule has 5 rings (SSSR count). The topological polar surface area (TPSA) is 214 Å². The van der Waals surface area contributed by atoms with Gasteiger partial charge in [0, 0.05) is 62.3 Å². The number of ether oxygens (including phenoxy) is 6. The molecule has 0 aromatic carbocycles. The number of nitrogens with zero attached hydrogens (tertiary/aromatic N) is 4. The molecule has 3 aliphatic rings. The highest BCUT2D eigenvalue weighted by atomic mass is 16.7. The van der Waals surface area contributed by atoms with E-state index >= 15 is 0 Å².